The number of ether oxygens (including phenoxy) is 3. The molecule has 2 N–H and O–H groups in total. The summed E-state index contributed by atoms with van der Waals surface area (Å²) in [4.78, 5) is 13.0. The van der Waals surface area contributed by atoms with Crippen molar-refractivity contribution in [2.45, 2.75) is 6.92 Å². The Labute approximate surface area is 127 Å². The standard InChI is InChI=1S/C15H17NO4S/c1-8-12(16)14(15(17)20-4)21-13(8)11-9(18-2)6-5-7-10(11)19-3/h5-7H,16H2,1-4H3. The summed E-state index contributed by atoms with van der Waals surface area (Å²) in [5.74, 6) is 0.881. The van der Waals surface area contributed by atoms with E-state index in [1.807, 2.05) is 25.1 Å². The average Bonchev–Trinajstić information content (AvgIpc) is 2.81. The third-order valence-electron chi connectivity index (χ3n) is 3.22. The monoisotopic (exact) mass is 307 g/mol. The summed E-state index contributed by atoms with van der Waals surface area (Å²) in [5.41, 5.74) is 8.05. The van der Waals surface area contributed by atoms with Gasteiger partial charge in [0.1, 0.15) is 16.4 Å². The molecule has 1 aromatic heterocycles. The first kappa shape index (κ1) is 15.2. The Morgan fingerprint density at radius 2 is 1.71 bits per heavy atom. The summed E-state index contributed by atoms with van der Waals surface area (Å²) in [7, 11) is 4.51. The summed E-state index contributed by atoms with van der Waals surface area (Å²) in [6.07, 6.45) is 0. The van der Waals surface area contributed by atoms with E-state index in [-0.39, 0.29) is 0 Å². The number of thiophene rings is 1. The van der Waals surface area contributed by atoms with Crippen LogP contribution in [0.2, 0.25) is 0 Å². The van der Waals surface area contributed by atoms with Crippen LogP contribution in [0.5, 0.6) is 11.5 Å². The third kappa shape index (κ3) is 2.54. The largest absolute Gasteiger partial charge is 0.496 e. The third-order valence-corrected chi connectivity index (χ3v) is 4.52. The molecule has 2 rings (SSSR count). The maximum Gasteiger partial charge on any atom is 0.350 e. The molecule has 1 heterocycles. The number of benzene rings is 1. The van der Waals surface area contributed by atoms with Crippen LogP contribution in [0.3, 0.4) is 0 Å². The molecular weight excluding hydrogens is 290 g/mol. The molecule has 0 spiro atoms. The zero-order valence-corrected chi connectivity index (χ0v) is 13.2. The van der Waals surface area contributed by atoms with Gasteiger partial charge in [-0.05, 0) is 24.6 Å². The predicted molar refractivity (Wildman–Crippen MR) is 83.3 cm³/mol. The molecule has 21 heavy (non-hydrogen) atoms. The van der Waals surface area contributed by atoms with Gasteiger partial charge in [-0.3, -0.25) is 0 Å². The molecule has 0 saturated heterocycles. The molecule has 0 saturated carbocycles. The van der Waals surface area contributed by atoms with Crippen LogP contribution < -0.4 is 15.2 Å². The van der Waals surface area contributed by atoms with Gasteiger partial charge in [-0.25, -0.2) is 4.79 Å². The fourth-order valence-corrected chi connectivity index (χ4v) is 3.28. The van der Waals surface area contributed by atoms with Crippen LogP contribution in [-0.4, -0.2) is 27.3 Å². The fraction of sp³-hybridized carbons (Fsp3) is 0.267. The topological polar surface area (TPSA) is 70.8 Å². The van der Waals surface area contributed by atoms with Crippen molar-refractivity contribution in [3.63, 3.8) is 0 Å². The van der Waals surface area contributed by atoms with E-state index in [9.17, 15) is 4.79 Å². The molecule has 0 aliphatic rings. The minimum atomic E-state index is -0.444. The number of rotatable bonds is 4. The quantitative estimate of drug-likeness (QED) is 0.879. The lowest BCUT2D eigenvalue weighted by atomic mass is 10.1. The van der Waals surface area contributed by atoms with Crippen LogP contribution >= 0.6 is 11.3 Å². The minimum Gasteiger partial charge on any atom is -0.496 e. The molecule has 5 nitrogen and oxygen atoms in total. The van der Waals surface area contributed by atoms with Crippen molar-refractivity contribution < 1.29 is 19.0 Å². The summed E-state index contributed by atoms with van der Waals surface area (Å²) in [6, 6.07) is 5.52. The molecule has 0 bridgehead atoms. The number of carbonyl (C=O) groups excluding carboxylic acids is 1. The highest BCUT2D eigenvalue weighted by Gasteiger charge is 2.23. The lowest BCUT2D eigenvalue weighted by Crippen LogP contribution is -2.01. The Bertz CT molecular complexity index is 656. The maximum atomic E-state index is 11.8. The normalized spacial score (nSPS) is 10.3. The van der Waals surface area contributed by atoms with E-state index in [2.05, 4.69) is 0 Å². The first-order valence-corrected chi connectivity index (χ1v) is 7.05. The SMILES string of the molecule is COC(=O)c1sc(-c2c(OC)cccc2OC)c(C)c1N. The predicted octanol–water partition coefficient (Wildman–Crippen LogP) is 3.11. The van der Waals surface area contributed by atoms with Crippen LogP contribution in [-0.2, 0) is 4.74 Å². The highest BCUT2D eigenvalue weighted by atomic mass is 32.1. The molecule has 0 unspecified atom stereocenters. The van der Waals surface area contributed by atoms with Gasteiger partial charge in [0, 0.05) is 4.88 Å². The van der Waals surface area contributed by atoms with Crippen molar-refractivity contribution >= 4 is 23.0 Å². The first-order valence-electron chi connectivity index (χ1n) is 6.23. The maximum absolute atomic E-state index is 11.8. The smallest absolute Gasteiger partial charge is 0.350 e. The highest BCUT2D eigenvalue weighted by Crippen LogP contribution is 2.46. The minimum absolute atomic E-state index is 0.387. The number of anilines is 1. The molecule has 0 radical (unpaired) electrons. The molecule has 0 atom stereocenters. The molecule has 6 heteroatoms. The van der Waals surface area contributed by atoms with E-state index in [0.29, 0.717) is 22.1 Å². The van der Waals surface area contributed by atoms with Gasteiger partial charge >= 0.3 is 5.97 Å². The zero-order valence-electron chi connectivity index (χ0n) is 12.4. The van der Waals surface area contributed by atoms with Crippen molar-refractivity contribution in [3.8, 4) is 21.9 Å². The second-order valence-electron chi connectivity index (χ2n) is 4.33. The van der Waals surface area contributed by atoms with Gasteiger partial charge in [0.2, 0.25) is 0 Å². The van der Waals surface area contributed by atoms with Gasteiger partial charge in [0.15, 0.2) is 0 Å². The molecular formula is C15H17NO4S. The summed E-state index contributed by atoms with van der Waals surface area (Å²) < 4.78 is 15.6. The number of hydrogen-bond acceptors (Lipinski definition) is 6. The average molecular weight is 307 g/mol. The van der Waals surface area contributed by atoms with Crippen LogP contribution in [0.15, 0.2) is 18.2 Å². The van der Waals surface area contributed by atoms with Gasteiger partial charge in [-0.1, -0.05) is 6.07 Å². The van der Waals surface area contributed by atoms with Gasteiger partial charge in [-0.2, -0.15) is 0 Å². The van der Waals surface area contributed by atoms with Crippen molar-refractivity contribution in [2.24, 2.45) is 0 Å². The van der Waals surface area contributed by atoms with E-state index in [0.717, 1.165) is 16.0 Å². The van der Waals surface area contributed by atoms with Crippen molar-refractivity contribution in [3.05, 3.63) is 28.6 Å². The van der Waals surface area contributed by atoms with Crippen LogP contribution in [0.25, 0.3) is 10.4 Å². The van der Waals surface area contributed by atoms with Crippen molar-refractivity contribution in [1.29, 1.82) is 0 Å². The van der Waals surface area contributed by atoms with Crippen LogP contribution in [0, 0.1) is 6.92 Å². The molecule has 2 aromatic rings. The number of methoxy groups -OCH3 is 3. The Morgan fingerprint density at radius 3 is 2.19 bits per heavy atom. The fourth-order valence-electron chi connectivity index (χ4n) is 2.08. The van der Waals surface area contributed by atoms with Crippen molar-refractivity contribution in [1.82, 2.24) is 0 Å². The summed E-state index contributed by atoms with van der Waals surface area (Å²) in [5, 5.41) is 0. The summed E-state index contributed by atoms with van der Waals surface area (Å²) in [6.45, 7) is 1.86. The number of hydrogen-bond donors (Lipinski definition) is 1. The van der Waals surface area contributed by atoms with Gasteiger partial charge in [-0.15, -0.1) is 11.3 Å². The van der Waals surface area contributed by atoms with Crippen molar-refractivity contribution in [2.75, 3.05) is 27.1 Å². The second kappa shape index (κ2) is 6.05. The van der Waals surface area contributed by atoms with Crippen LogP contribution in [0.4, 0.5) is 5.69 Å². The molecule has 0 amide bonds. The van der Waals surface area contributed by atoms with E-state index < -0.39 is 5.97 Å². The highest BCUT2D eigenvalue weighted by molar-refractivity contribution is 7.18. The lowest BCUT2D eigenvalue weighted by molar-refractivity contribution is 0.0607. The van der Waals surface area contributed by atoms with Crippen LogP contribution in [0.1, 0.15) is 15.2 Å². The Balaban J connectivity index is 2.71. The van der Waals surface area contributed by atoms with Gasteiger partial charge in [0.05, 0.1) is 32.6 Å². The molecule has 1 aromatic carbocycles. The van der Waals surface area contributed by atoms with Gasteiger partial charge in [0.25, 0.3) is 0 Å². The molecule has 0 aliphatic carbocycles. The Morgan fingerprint density at radius 1 is 1.14 bits per heavy atom. The number of carbonyl (C=O) groups is 1. The van der Waals surface area contributed by atoms with E-state index in [4.69, 9.17) is 19.9 Å². The zero-order chi connectivity index (χ0) is 15.6. The van der Waals surface area contributed by atoms with E-state index >= 15 is 0 Å². The summed E-state index contributed by atoms with van der Waals surface area (Å²) >= 11 is 1.27. The molecule has 0 fully saturated rings. The molecule has 112 valence electrons. The first-order chi connectivity index (χ1) is 10.0. The lowest BCUT2D eigenvalue weighted by Gasteiger charge is -2.12. The second-order valence-corrected chi connectivity index (χ2v) is 5.35. The van der Waals surface area contributed by atoms with Gasteiger partial charge < -0.3 is 19.9 Å². The number of esters is 1. The van der Waals surface area contributed by atoms with E-state index in [1.54, 1.807) is 14.2 Å². The number of nitrogens with two attached hydrogens (primary N) is 1. The Hall–Kier alpha value is -2.21. The Kier molecular flexibility index (Phi) is 4.37. The molecule has 0 aliphatic heterocycles. The number of nitrogen functional groups attached to an aromatic ring is 1. The van der Waals surface area contributed by atoms with E-state index in [1.165, 1.54) is 18.4 Å².